The number of nitrogens with two attached hydrogens (primary N) is 2. The number of carboxylic acid groups (broad SMARTS) is 1. The lowest BCUT2D eigenvalue weighted by molar-refractivity contribution is -0.139. The van der Waals surface area contributed by atoms with Crippen LogP contribution in [-0.2, 0) is 62.3 Å². The second-order valence-corrected chi connectivity index (χ2v) is 21.1. The number of rotatable bonds is 41. The number of carbonyl (C=O) groups is 13. The zero-order chi connectivity index (χ0) is 62.8. The van der Waals surface area contributed by atoms with Crippen LogP contribution in [-0.4, -0.2) is 234 Å². The quantitative estimate of drug-likeness (QED) is 0.0200. The van der Waals surface area contributed by atoms with Crippen molar-refractivity contribution in [2.75, 3.05) is 70.3 Å². The molecular weight excluding hydrogens is 1130 g/mol. The van der Waals surface area contributed by atoms with Crippen LogP contribution in [0, 0.1) is 5.92 Å². The minimum atomic E-state index is -1.73. The van der Waals surface area contributed by atoms with Crippen molar-refractivity contribution in [3.63, 3.8) is 0 Å². The summed E-state index contributed by atoms with van der Waals surface area (Å²) in [6.07, 6.45) is 4.52. The Morgan fingerprint density at radius 2 is 0.940 bits per heavy atom. The van der Waals surface area contributed by atoms with Gasteiger partial charge in [-0.3, -0.25) is 62.3 Å². The molecule has 0 saturated carbocycles. The smallest absolute Gasteiger partial charge is 0.322 e. The molecule has 0 aliphatic carbocycles. The van der Waals surface area contributed by atoms with Crippen LogP contribution in [0.2, 0.25) is 0 Å². The number of amides is 12. The number of aliphatic hydroxyl groups is 3. The lowest BCUT2D eigenvalue weighted by Crippen LogP contribution is -2.62. The topological polar surface area (TPSA) is 511 Å². The molecule has 0 radical (unpaired) electrons. The number of unbranched alkanes of at least 4 members (excludes halogenated alkanes) is 2. The molecule has 0 spiro atoms. The van der Waals surface area contributed by atoms with Gasteiger partial charge in [0.25, 0.3) is 0 Å². The molecule has 0 aromatic heterocycles. The van der Waals surface area contributed by atoms with Gasteiger partial charge >= 0.3 is 5.97 Å². The number of carbonyl (C=O) groups excluding carboxylic acids is 12. The van der Waals surface area contributed by atoms with Gasteiger partial charge in [-0.1, -0.05) is 13.8 Å². The van der Waals surface area contributed by atoms with Crippen molar-refractivity contribution in [2.24, 2.45) is 17.4 Å². The zero-order valence-electron chi connectivity index (χ0n) is 47.5. The summed E-state index contributed by atoms with van der Waals surface area (Å²) in [5.74, 6) is -12.6. The average Bonchev–Trinajstić information content (AvgIpc) is 4.05. The second-order valence-electron chi connectivity index (χ2n) is 19.7. The molecule has 11 atom stereocenters. The Labute approximate surface area is 491 Å². The number of thiol groups is 1. The summed E-state index contributed by atoms with van der Waals surface area (Å²) in [4.78, 5) is 170. The van der Waals surface area contributed by atoms with Gasteiger partial charge in [0, 0.05) is 5.75 Å². The molecular formula is C49H87N15O17S2. The van der Waals surface area contributed by atoms with Crippen molar-refractivity contribution >= 4 is 101 Å². The maximum atomic E-state index is 14.1. The first-order valence-corrected chi connectivity index (χ1v) is 29.2. The highest BCUT2D eigenvalue weighted by Gasteiger charge is 2.36. The highest BCUT2D eigenvalue weighted by Crippen LogP contribution is 2.10. The van der Waals surface area contributed by atoms with Crippen molar-refractivity contribution in [2.45, 2.75) is 152 Å². The molecule has 83 heavy (non-hydrogen) atoms. The van der Waals surface area contributed by atoms with Crippen molar-refractivity contribution in [3.05, 3.63) is 0 Å². The second kappa shape index (κ2) is 40.7. The lowest BCUT2D eigenvalue weighted by atomic mass is 10.0. The normalized spacial score (nSPS) is 16.5. The summed E-state index contributed by atoms with van der Waals surface area (Å²) < 4.78 is 0. The van der Waals surface area contributed by atoms with Crippen molar-refractivity contribution in [1.29, 1.82) is 0 Å². The summed E-state index contributed by atoms with van der Waals surface area (Å²) in [5.41, 5.74) is 11.3. The molecule has 32 nitrogen and oxygen atoms in total. The number of hydrogen-bond donors (Lipinski definition) is 20. The van der Waals surface area contributed by atoms with Crippen LogP contribution in [0.4, 0.5) is 0 Å². The van der Waals surface area contributed by atoms with Gasteiger partial charge in [-0.25, -0.2) is 0 Å². The molecule has 1 rings (SSSR count). The number of aliphatic carboxylic acids is 1. The van der Waals surface area contributed by atoms with Crippen LogP contribution in [0.3, 0.4) is 0 Å². The van der Waals surface area contributed by atoms with Gasteiger partial charge < -0.3 is 101 Å². The third-order valence-corrected chi connectivity index (χ3v) is 13.7. The molecule has 0 bridgehead atoms. The van der Waals surface area contributed by atoms with Crippen molar-refractivity contribution < 1.29 is 82.8 Å². The number of hydrogen-bond acceptors (Lipinski definition) is 21. The largest absolute Gasteiger partial charge is 0.480 e. The number of aliphatic hydroxyl groups excluding tert-OH is 3. The molecule has 0 unspecified atom stereocenters. The molecule has 12 amide bonds. The minimum Gasteiger partial charge on any atom is -0.480 e. The zero-order valence-corrected chi connectivity index (χ0v) is 49.2. The Morgan fingerprint density at radius 3 is 1.40 bits per heavy atom. The molecule has 1 aliphatic rings. The van der Waals surface area contributed by atoms with Gasteiger partial charge in [0.05, 0.1) is 32.4 Å². The van der Waals surface area contributed by atoms with E-state index in [0.29, 0.717) is 38.6 Å². The molecule has 21 N–H and O–H groups in total. The monoisotopic (exact) mass is 1220 g/mol. The number of nitrogens with one attached hydrogen (secondary N) is 13. The molecule has 0 aromatic rings. The van der Waals surface area contributed by atoms with Gasteiger partial charge in [-0.05, 0) is 109 Å². The standard InChI is InChI=1S/C49H87N15O17S2/c1-25(2)38(64-47(79)34(23-67)61-39(71)26(3)55-36(68)19-53-41(73)28-13-10-17-52-28)49(81)59-30(12-7-9-16-51)44(76)58-31(14-18-83-5)45(77)62-33(22-66)46(78)63-35(24-82)48(80)57-29(11-6-8-15-50)43(75)56-27(4)40(72)60-32(21-65)42(74)54-20-37(69)70/h25-35,38,52,65-67,82H,6-24,50-51H2,1-5H3,(H,53,73)(H,54,74)(H,55,68)(H,56,75)(H,57,80)(H,58,76)(H,59,81)(H,60,72)(H,61,71)(H,62,77)(H,63,78)(H,64,79)(H,69,70)/t26-,27-,28-,29-,30-,31-,32-,33-,34-,35-,38-/m0/s1. The van der Waals surface area contributed by atoms with Crippen LogP contribution < -0.4 is 80.6 Å². The predicted octanol–water partition coefficient (Wildman–Crippen LogP) is -8.48. The molecule has 1 heterocycles. The third-order valence-electron chi connectivity index (χ3n) is 12.6. The van der Waals surface area contributed by atoms with E-state index in [4.69, 9.17) is 16.6 Å². The van der Waals surface area contributed by atoms with Crippen molar-refractivity contribution in [1.82, 2.24) is 69.1 Å². The Bertz CT molecular complexity index is 2180. The first-order valence-electron chi connectivity index (χ1n) is 27.2. The van der Waals surface area contributed by atoms with E-state index in [9.17, 15) is 77.6 Å². The van der Waals surface area contributed by atoms with Crippen LogP contribution in [0.1, 0.15) is 85.5 Å². The Balaban J connectivity index is 3.16. The van der Waals surface area contributed by atoms with Crippen LogP contribution in [0.25, 0.3) is 0 Å². The summed E-state index contributed by atoms with van der Waals surface area (Å²) in [5, 5.41) is 70.5. The Hall–Kier alpha value is -6.43. The van der Waals surface area contributed by atoms with E-state index in [2.05, 4.69) is 76.4 Å². The molecule has 34 heteroatoms. The van der Waals surface area contributed by atoms with Gasteiger partial charge in [-0.2, -0.15) is 24.4 Å². The van der Waals surface area contributed by atoms with E-state index in [1.54, 1.807) is 20.1 Å². The van der Waals surface area contributed by atoms with Gasteiger partial charge in [0.1, 0.15) is 67.0 Å². The summed E-state index contributed by atoms with van der Waals surface area (Å²) in [6, 6.07) is -14.9. The SMILES string of the molecule is CSCC[C@H](NC(=O)[C@H](CCCCN)NC(=O)[C@@H](NC(=O)[C@H](CO)NC(=O)[C@H](C)NC(=O)CNC(=O)[C@@H]1CCCN1)C(C)C)C(=O)N[C@@H](CO)C(=O)N[C@@H](CS)C(=O)N[C@@H](CCCCN)C(=O)N[C@@H](C)C(=O)N[C@@H](CO)C(=O)NCC(=O)O. The van der Waals surface area contributed by atoms with E-state index in [-0.39, 0.29) is 49.8 Å². The fourth-order valence-corrected chi connectivity index (χ4v) is 8.49. The van der Waals surface area contributed by atoms with Crippen molar-refractivity contribution in [3.8, 4) is 0 Å². The summed E-state index contributed by atoms with van der Waals surface area (Å²) in [7, 11) is 0. The van der Waals surface area contributed by atoms with Crippen LogP contribution in [0.5, 0.6) is 0 Å². The third kappa shape index (κ3) is 28.1. The average molecular weight is 1220 g/mol. The van der Waals surface area contributed by atoms with E-state index >= 15 is 0 Å². The lowest BCUT2D eigenvalue weighted by Gasteiger charge is -2.28. The first kappa shape index (κ1) is 74.6. The fraction of sp³-hybridized carbons (Fsp3) is 0.735. The van der Waals surface area contributed by atoms with E-state index in [1.807, 2.05) is 5.32 Å². The van der Waals surface area contributed by atoms with Gasteiger partial charge in [0.2, 0.25) is 70.9 Å². The number of carboxylic acids is 1. The maximum absolute atomic E-state index is 14.1. The van der Waals surface area contributed by atoms with Gasteiger partial charge in [-0.15, -0.1) is 0 Å². The minimum absolute atomic E-state index is 0.00800. The van der Waals surface area contributed by atoms with Crippen LogP contribution in [0.15, 0.2) is 0 Å². The molecule has 0 aromatic carbocycles. The van der Waals surface area contributed by atoms with E-state index in [1.165, 1.54) is 25.6 Å². The Kier molecular flexibility index (Phi) is 36.6. The first-order chi connectivity index (χ1) is 39.3. The molecule has 1 fully saturated rings. The molecule has 1 aliphatic heterocycles. The Morgan fingerprint density at radius 1 is 0.518 bits per heavy atom. The predicted molar refractivity (Wildman–Crippen MR) is 304 cm³/mol. The number of thioether (sulfide) groups is 1. The molecule has 472 valence electrons. The van der Waals surface area contributed by atoms with E-state index in [0.717, 1.165) is 6.42 Å². The van der Waals surface area contributed by atoms with E-state index < -0.39 is 176 Å². The highest BCUT2D eigenvalue weighted by molar-refractivity contribution is 7.98. The summed E-state index contributed by atoms with van der Waals surface area (Å²) in [6.45, 7) is 2.73. The maximum Gasteiger partial charge on any atom is 0.322 e. The fourth-order valence-electron chi connectivity index (χ4n) is 7.76. The van der Waals surface area contributed by atoms with Crippen LogP contribution >= 0.6 is 24.4 Å². The summed E-state index contributed by atoms with van der Waals surface area (Å²) >= 11 is 5.47. The van der Waals surface area contributed by atoms with Gasteiger partial charge in [0.15, 0.2) is 0 Å². The molecule has 1 saturated heterocycles. The highest BCUT2D eigenvalue weighted by atomic mass is 32.2.